The van der Waals surface area contributed by atoms with Crippen molar-refractivity contribution < 1.29 is 33.3 Å². The maximum atomic E-state index is 12.9. The highest BCUT2D eigenvalue weighted by Crippen LogP contribution is 2.29. The number of rotatable bonds is 7. The van der Waals surface area contributed by atoms with Gasteiger partial charge in [-0.05, 0) is 35.9 Å². The monoisotopic (exact) mass is 427 g/mol. The highest BCUT2D eigenvalue weighted by atomic mass is 16.6. The first kappa shape index (κ1) is 22.2. The third-order valence-electron chi connectivity index (χ3n) is 4.76. The molecule has 0 atom stereocenters. The van der Waals surface area contributed by atoms with Gasteiger partial charge in [0.05, 0.1) is 40.1 Å². The lowest BCUT2D eigenvalue weighted by Crippen LogP contribution is -2.42. The summed E-state index contributed by atoms with van der Waals surface area (Å²) in [6.07, 6.45) is 2.53. The first-order chi connectivity index (χ1) is 15.0. The summed E-state index contributed by atoms with van der Waals surface area (Å²) >= 11 is 0. The van der Waals surface area contributed by atoms with Crippen molar-refractivity contribution in [1.82, 2.24) is 4.90 Å². The molecule has 0 radical (unpaired) electrons. The van der Waals surface area contributed by atoms with Crippen LogP contribution in [0.1, 0.15) is 15.9 Å². The van der Waals surface area contributed by atoms with E-state index >= 15 is 0 Å². The van der Waals surface area contributed by atoms with Crippen LogP contribution in [0.25, 0.3) is 6.08 Å². The van der Waals surface area contributed by atoms with E-state index in [0.717, 1.165) is 5.56 Å². The molecule has 164 valence electrons. The van der Waals surface area contributed by atoms with Crippen LogP contribution in [0, 0.1) is 0 Å². The topological polar surface area (TPSA) is 83.5 Å². The van der Waals surface area contributed by atoms with Crippen LogP contribution in [0.15, 0.2) is 42.5 Å². The van der Waals surface area contributed by atoms with Crippen molar-refractivity contribution in [3.8, 4) is 23.0 Å². The van der Waals surface area contributed by atoms with E-state index in [2.05, 4.69) is 0 Å². The molecule has 0 bridgehead atoms. The molecule has 1 amide bonds. The highest BCUT2D eigenvalue weighted by Gasteiger charge is 2.21. The van der Waals surface area contributed by atoms with Crippen LogP contribution >= 0.6 is 0 Å². The van der Waals surface area contributed by atoms with Gasteiger partial charge in [0.25, 0.3) is 0 Å². The molecule has 0 N–H and O–H groups in total. The first-order valence-electron chi connectivity index (χ1n) is 9.72. The third kappa shape index (κ3) is 5.55. The second-order valence-corrected chi connectivity index (χ2v) is 6.64. The number of ketones is 1. The van der Waals surface area contributed by atoms with Gasteiger partial charge in [0.1, 0.15) is 11.5 Å². The van der Waals surface area contributed by atoms with Crippen LogP contribution in [0.5, 0.6) is 23.0 Å². The predicted octanol–water partition coefficient (Wildman–Crippen LogP) is 3.44. The largest absolute Gasteiger partial charge is 0.497 e. The molecule has 8 heteroatoms. The molecule has 2 aromatic rings. The molecule has 0 unspecified atom stereocenters. The Morgan fingerprint density at radius 1 is 0.903 bits per heavy atom. The molecule has 1 saturated heterocycles. The van der Waals surface area contributed by atoms with E-state index in [9.17, 15) is 9.59 Å². The molecule has 8 nitrogen and oxygen atoms in total. The molecule has 0 aliphatic carbocycles. The number of amides is 1. The van der Waals surface area contributed by atoms with E-state index in [1.54, 1.807) is 50.6 Å². The first-order valence-corrected chi connectivity index (χ1v) is 9.72. The van der Waals surface area contributed by atoms with Gasteiger partial charge in [-0.1, -0.05) is 12.1 Å². The molecule has 2 aromatic carbocycles. The molecule has 0 spiro atoms. The molecule has 1 aliphatic heterocycles. The maximum Gasteiger partial charge on any atom is 0.415 e. The Hall–Kier alpha value is -3.52. The van der Waals surface area contributed by atoms with Gasteiger partial charge in [0.15, 0.2) is 17.3 Å². The minimum Gasteiger partial charge on any atom is -0.497 e. The van der Waals surface area contributed by atoms with Gasteiger partial charge in [-0.15, -0.1) is 0 Å². The van der Waals surface area contributed by atoms with Crippen molar-refractivity contribution in [3.63, 3.8) is 0 Å². The van der Waals surface area contributed by atoms with Gasteiger partial charge in [0.2, 0.25) is 0 Å². The average molecular weight is 427 g/mol. The number of carbonyl (C=O) groups is 2. The van der Waals surface area contributed by atoms with E-state index in [1.807, 2.05) is 0 Å². The number of morpholine rings is 1. The Bertz CT molecular complexity index is 964. The van der Waals surface area contributed by atoms with E-state index < -0.39 is 6.09 Å². The van der Waals surface area contributed by atoms with Gasteiger partial charge in [-0.3, -0.25) is 4.79 Å². The molecular formula is C23H25NO7. The van der Waals surface area contributed by atoms with Crippen molar-refractivity contribution in [1.29, 1.82) is 0 Å². The smallest absolute Gasteiger partial charge is 0.415 e. The fourth-order valence-electron chi connectivity index (χ4n) is 3.04. The zero-order valence-corrected chi connectivity index (χ0v) is 17.8. The minimum atomic E-state index is -0.533. The lowest BCUT2D eigenvalue weighted by Gasteiger charge is -2.26. The molecule has 1 aliphatic rings. The Kier molecular flexibility index (Phi) is 7.50. The van der Waals surface area contributed by atoms with Gasteiger partial charge in [-0.2, -0.15) is 0 Å². The van der Waals surface area contributed by atoms with Crippen molar-refractivity contribution in [2.75, 3.05) is 47.6 Å². The zero-order chi connectivity index (χ0) is 22.2. The van der Waals surface area contributed by atoms with Gasteiger partial charge >= 0.3 is 6.09 Å². The molecule has 31 heavy (non-hydrogen) atoms. The summed E-state index contributed by atoms with van der Waals surface area (Å²) in [7, 11) is 4.60. The summed E-state index contributed by atoms with van der Waals surface area (Å²) in [6.45, 7) is 1.77. The molecule has 3 rings (SSSR count). The third-order valence-corrected chi connectivity index (χ3v) is 4.76. The number of benzene rings is 2. The summed E-state index contributed by atoms with van der Waals surface area (Å²) in [5.41, 5.74) is 1.01. The summed E-state index contributed by atoms with van der Waals surface area (Å²) in [4.78, 5) is 26.9. The zero-order valence-electron chi connectivity index (χ0n) is 17.8. The lowest BCUT2D eigenvalue weighted by atomic mass is 10.1. The lowest BCUT2D eigenvalue weighted by molar-refractivity contribution is 0.0415. The van der Waals surface area contributed by atoms with Crippen LogP contribution in [0.4, 0.5) is 4.79 Å². The number of ether oxygens (including phenoxy) is 5. The summed E-state index contributed by atoms with van der Waals surface area (Å²) in [5, 5.41) is 0. The number of nitrogens with zero attached hydrogens (tertiary/aromatic N) is 1. The molecule has 1 heterocycles. The minimum absolute atomic E-state index is 0.137. The van der Waals surface area contributed by atoms with Gasteiger partial charge < -0.3 is 28.6 Å². The molecule has 0 saturated carbocycles. The SMILES string of the molecule is COc1ccc(C(=O)C=Cc2ccc(OC)c(OC)c2)c(OC(=O)N2CCOCC2)c1. The second kappa shape index (κ2) is 10.5. The molecular weight excluding hydrogens is 402 g/mol. The van der Waals surface area contributed by atoms with Crippen molar-refractivity contribution in [2.45, 2.75) is 0 Å². The number of carbonyl (C=O) groups excluding carboxylic acids is 2. The Balaban J connectivity index is 1.81. The quantitative estimate of drug-likeness (QED) is 0.494. The Morgan fingerprint density at radius 3 is 2.32 bits per heavy atom. The Labute approximate surface area is 180 Å². The number of hydrogen-bond donors (Lipinski definition) is 0. The summed E-state index contributed by atoms with van der Waals surface area (Å²) < 4.78 is 26.5. The Morgan fingerprint density at radius 2 is 1.65 bits per heavy atom. The van der Waals surface area contributed by atoms with Crippen molar-refractivity contribution >= 4 is 18.0 Å². The fourth-order valence-corrected chi connectivity index (χ4v) is 3.04. The van der Waals surface area contributed by atoms with Crippen LogP contribution < -0.4 is 18.9 Å². The standard InChI is InChI=1S/C23H25NO7/c1-27-17-6-7-18(21(15-17)31-23(26)24-10-12-30-13-11-24)19(25)8-4-16-5-9-20(28-2)22(14-16)29-3/h4-9,14-15H,10-13H2,1-3H3. The van der Waals surface area contributed by atoms with E-state index in [4.69, 9.17) is 23.7 Å². The summed E-state index contributed by atoms with van der Waals surface area (Å²) in [5.74, 6) is 1.45. The van der Waals surface area contributed by atoms with E-state index in [1.165, 1.54) is 24.2 Å². The van der Waals surface area contributed by atoms with Gasteiger partial charge in [-0.25, -0.2) is 4.79 Å². The van der Waals surface area contributed by atoms with Gasteiger partial charge in [0, 0.05) is 19.2 Å². The average Bonchev–Trinajstić information content (AvgIpc) is 2.82. The van der Waals surface area contributed by atoms with Crippen molar-refractivity contribution in [3.05, 3.63) is 53.6 Å². The summed E-state index contributed by atoms with van der Waals surface area (Å²) in [6, 6.07) is 10.1. The predicted molar refractivity (Wildman–Crippen MR) is 114 cm³/mol. The van der Waals surface area contributed by atoms with Crippen LogP contribution in [0.3, 0.4) is 0 Å². The number of hydrogen-bond acceptors (Lipinski definition) is 7. The van der Waals surface area contributed by atoms with E-state index in [0.29, 0.717) is 43.6 Å². The molecule has 0 aromatic heterocycles. The van der Waals surface area contributed by atoms with Crippen LogP contribution in [-0.4, -0.2) is 64.4 Å². The maximum absolute atomic E-state index is 12.9. The molecule has 1 fully saturated rings. The second-order valence-electron chi connectivity index (χ2n) is 6.64. The van der Waals surface area contributed by atoms with Crippen LogP contribution in [0.2, 0.25) is 0 Å². The number of methoxy groups -OCH3 is 3. The fraction of sp³-hybridized carbons (Fsp3) is 0.304. The number of allylic oxidation sites excluding steroid dienone is 1. The van der Waals surface area contributed by atoms with E-state index in [-0.39, 0.29) is 17.1 Å². The highest BCUT2D eigenvalue weighted by molar-refractivity contribution is 6.09. The van der Waals surface area contributed by atoms with Crippen molar-refractivity contribution in [2.24, 2.45) is 0 Å². The normalized spacial score (nSPS) is 13.7. The van der Waals surface area contributed by atoms with Crippen LogP contribution in [-0.2, 0) is 4.74 Å².